The van der Waals surface area contributed by atoms with E-state index in [1.165, 1.54) is 0 Å². The summed E-state index contributed by atoms with van der Waals surface area (Å²) >= 11 is 6.65. The molecule has 4 rings (SSSR count). The van der Waals surface area contributed by atoms with E-state index in [4.69, 9.17) is 11.6 Å². The van der Waals surface area contributed by atoms with E-state index in [0.717, 1.165) is 50.9 Å². The molecule has 0 radical (unpaired) electrons. The molecule has 0 saturated heterocycles. The summed E-state index contributed by atoms with van der Waals surface area (Å²) in [6.07, 6.45) is 1.70. The molecule has 0 atom stereocenters. The number of halogens is 1. The summed E-state index contributed by atoms with van der Waals surface area (Å²) in [5, 5.41) is 8.89. The number of rotatable bonds is 6. The van der Waals surface area contributed by atoms with Gasteiger partial charge in [-0.15, -0.1) is 0 Å². The van der Waals surface area contributed by atoms with Crippen LogP contribution in [0.15, 0.2) is 77.9 Å². The van der Waals surface area contributed by atoms with Crippen LogP contribution in [-0.2, 0) is 0 Å². The third kappa shape index (κ3) is 4.12. The number of hydrogen-bond acceptors (Lipinski definition) is 3. The van der Waals surface area contributed by atoms with Gasteiger partial charge in [0.25, 0.3) is 5.91 Å². The minimum atomic E-state index is -0.245. The summed E-state index contributed by atoms with van der Waals surface area (Å²) in [7, 11) is 0. The van der Waals surface area contributed by atoms with Gasteiger partial charge in [0.05, 0.1) is 11.2 Å². The van der Waals surface area contributed by atoms with Crippen molar-refractivity contribution < 1.29 is 4.79 Å². The van der Waals surface area contributed by atoms with E-state index in [9.17, 15) is 4.79 Å². The highest BCUT2D eigenvalue weighted by atomic mass is 35.5. The second kappa shape index (κ2) is 9.19. The molecule has 0 saturated carbocycles. The monoisotopic (exact) mass is 429 g/mol. The number of nitrogens with one attached hydrogen (secondary N) is 1. The molecule has 31 heavy (non-hydrogen) atoms. The molecule has 4 aromatic carbocycles. The van der Waals surface area contributed by atoms with Crippen LogP contribution in [0.2, 0.25) is 5.02 Å². The van der Waals surface area contributed by atoms with Crippen LogP contribution in [0.1, 0.15) is 29.8 Å². The zero-order valence-electron chi connectivity index (χ0n) is 17.6. The summed E-state index contributed by atoms with van der Waals surface area (Å²) < 4.78 is 0. The Balaban J connectivity index is 1.62. The lowest BCUT2D eigenvalue weighted by Gasteiger charge is -2.20. The molecule has 0 aliphatic heterocycles. The van der Waals surface area contributed by atoms with Crippen molar-refractivity contribution in [1.82, 2.24) is 5.43 Å². The fraction of sp³-hybridized carbons (Fsp3) is 0.154. The van der Waals surface area contributed by atoms with Crippen LogP contribution in [0.5, 0.6) is 0 Å². The first-order chi connectivity index (χ1) is 15.1. The average molecular weight is 430 g/mol. The van der Waals surface area contributed by atoms with Gasteiger partial charge in [-0.2, -0.15) is 5.10 Å². The summed E-state index contributed by atoms with van der Waals surface area (Å²) in [5.41, 5.74) is 5.25. The third-order valence-electron chi connectivity index (χ3n) is 5.53. The van der Waals surface area contributed by atoms with Crippen molar-refractivity contribution >= 4 is 51.0 Å². The van der Waals surface area contributed by atoms with Gasteiger partial charge in [0.2, 0.25) is 0 Å². The van der Waals surface area contributed by atoms with E-state index in [1.807, 2.05) is 72.8 Å². The minimum absolute atomic E-state index is 0.245. The largest absolute Gasteiger partial charge is 0.372 e. The topological polar surface area (TPSA) is 44.7 Å². The number of carbonyl (C=O) groups excluding carboxylic acids is 1. The average Bonchev–Trinajstić information content (AvgIpc) is 2.82. The Hall–Kier alpha value is -3.37. The third-order valence-corrected chi connectivity index (χ3v) is 5.93. The number of nitrogens with zero attached hydrogens (tertiary/aromatic N) is 2. The number of hydrazone groups is 1. The number of amides is 1. The maximum atomic E-state index is 12.6. The van der Waals surface area contributed by atoms with E-state index in [2.05, 4.69) is 29.3 Å². The van der Waals surface area contributed by atoms with Gasteiger partial charge in [-0.1, -0.05) is 60.1 Å². The van der Waals surface area contributed by atoms with E-state index in [1.54, 1.807) is 6.21 Å². The van der Waals surface area contributed by atoms with Gasteiger partial charge < -0.3 is 4.90 Å². The number of fused-ring (bicyclic) bond motifs is 2. The second-order valence-electron chi connectivity index (χ2n) is 7.24. The summed E-state index contributed by atoms with van der Waals surface area (Å²) in [6.45, 7) is 6.08. The van der Waals surface area contributed by atoms with Gasteiger partial charge in [-0.25, -0.2) is 5.43 Å². The van der Waals surface area contributed by atoms with Crippen LogP contribution in [-0.4, -0.2) is 25.2 Å². The van der Waals surface area contributed by atoms with Crippen molar-refractivity contribution in [2.45, 2.75) is 13.8 Å². The van der Waals surface area contributed by atoms with Gasteiger partial charge >= 0.3 is 0 Å². The molecule has 4 aromatic rings. The highest BCUT2D eigenvalue weighted by Gasteiger charge is 2.11. The number of hydrogen-bond donors (Lipinski definition) is 1. The van der Waals surface area contributed by atoms with Crippen molar-refractivity contribution in [1.29, 1.82) is 0 Å². The Morgan fingerprint density at radius 2 is 1.39 bits per heavy atom. The van der Waals surface area contributed by atoms with E-state index in [-0.39, 0.29) is 5.91 Å². The van der Waals surface area contributed by atoms with E-state index >= 15 is 0 Å². The molecule has 0 fully saturated rings. The molecular formula is C26H24ClN3O. The SMILES string of the molecule is CCN(CC)c1ccc(C(=O)N/N=C/c2c3ccccc3c(Cl)c3ccccc23)cc1. The fourth-order valence-electron chi connectivity index (χ4n) is 3.88. The van der Waals surface area contributed by atoms with Crippen molar-refractivity contribution in [2.75, 3.05) is 18.0 Å². The molecule has 0 aliphatic rings. The molecule has 0 aliphatic carbocycles. The molecule has 1 N–H and O–H groups in total. The maximum Gasteiger partial charge on any atom is 0.271 e. The Labute approximate surface area is 187 Å². The van der Waals surface area contributed by atoms with Gasteiger partial charge in [0.15, 0.2) is 0 Å². The van der Waals surface area contributed by atoms with Crippen LogP contribution >= 0.6 is 11.6 Å². The molecule has 0 spiro atoms. The van der Waals surface area contributed by atoms with Crippen LogP contribution in [0, 0.1) is 0 Å². The molecule has 0 unspecified atom stereocenters. The minimum Gasteiger partial charge on any atom is -0.372 e. The summed E-state index contributed by atoms with van der Waals surface area (Å²) in [5.74, 6) is -0.245. The molecule has 5 heteroatoms. The molecule has 0 aromatic heterocycles. The second-order valence-corrected chi connectivity index (χ2v) is 7.62. The number of anilines is 1. The molecule has 0 bridgehead atoms. The highest BCUT2D eigenvalue weighted by molar-refractivity contribution is 6.42. The molecule has 1 amide bonds. The molecular weight excluding hydrogens is 406 g/mol. The number of benzene rings is 4. The molecule has 0 heterocycles. The molecule has 156 valence electrons. The van der Waals surface area contributed by atoms with Crippen molar-refractivity contribution in [2.24, 2.45) is 5.10 Å². The Bertz CT molecular complexity index is 1200. The van der Waals surface area contributed by atoms with E-state index in [0.29, 0.717) is 5.56 Å². The van der Waals surface area contributed by atoms with Crippen LogP contribution < -0.4 is 10.3 Å². The van der Waals surface area contributed by atoms with Crippen LogP contribution in [0.3, 0.4) is 0 Å². The Morgan fingerprint density at radius 1 is 0.871 bits per heavy atom. The lowest BCUT2D eigenvalue weighted by atomic mass is 9.97. The predicted molar refractivity (Wildman–Crippen MR) is 132 cm³/mol. The predicted octanol–water partition coefficient (Wildman–Crippen LogP) is 6.26. The van der Waals surface area contributed by atoms with Crippen molar-refractivity contribution in [3.05, 3.63) is 88.9 Å². The lowest BCUT2D eigenvalue weighted by molar-refractivity contribution is 0.0955. The fourth-order valence-corrected chi connectivity index (χ4v) is 4.21. The van der Waals surface area contributed by atoms with Gasteiger partial charge in [0.1, 0.15) is 0 Å². The standard InChI is InChI=1S/C26H24ClN3O/c1-3-30(4-2)19-15-13-18(14-16-19)26(31)29-28-17-24-20-9-5-7-11-22(20)25(27)23-12-8-6-10-21(23)24/h5-17H,3-4H2,1-2H3,(H,29,31)/b28-17+. The smallest absolute Gasteiger partial charge is 0.271 e. The zero-order chi connectivity index (χ0) is 21.8. The van der Waals surface area contributed by atoms with Crippen LogP contribution in [0.25, 0.3) is 21.5 Å². The van der Waals surface area contributed by atoms with Gasteiger partial charge in [-0.3, -0.25) is 4.79 Å². The van der Waals surface area contributed by atoms with E-state index < -0.39 is 0 Å². The molecule has 4 nitrogen and oxygen atoms in total. The Morgan fingerprint density at radius 3 is 1.90 bits per heavy atom. The maximum absolute atomic E-state index is 12.6. The Kier molecular flexibility index (Phi) is 6.19. The van der Waals surface area contributed by atoms with Crippen LogP contribution in [0.4, 0.5) is 5.69 Å². The normalized spacial score (nSPS) is 11.3. The first-order valence-electron chi connectivity index (χ1n) is 10.4. The van der Waals surface area contributed by atoms with Gasteiger partial charge in [-0.05, 0) is 48.9 Å². The quantitative estimate of drug-likeness (QED) is 0.223. The zero-order valence-corrected chi connectivity index (χ0v) is 18.4. The van der Waals surface area contributed by atoms with Gasteiger partial charge in [0, 0.05) is 40.7 Å². The first kappa shape index (κ1) is 20.9. The van der Waals surface area contributed by atoms with Crippen molar-refractivity contribution in [3.63, 3.8) is 0 Å². The van der Waals surface area contributed by atoms with Crippen molar-refractivity contribution in [3.8, 4) is 0 Å². The highest BCUT2D eigenvalue weighted by Crippen LogP contribution is 2.35. The summed E-state index contributed by atoms with van der Waals surface area (Å²) in [4.78, 5) is 14.8. The first-order valence-corrected chi connectivity index (χ1v) is 10.8. The number of carbonyl (C=O) groups is 1. The summed E-state index contributed by atoms with van der Waals surface area (Å²) in [6, 6.07) is 23.5. The lowest BCUT2D eigenvalue weighted by Crippen LogP contribution is -2.22.